The van der Waals surface area contributed by atoms with Gasteiger partial charge in [-0.05, 0) is 55.2 Å². The first-order valence-corrected chi connectivity index (χ1v) is 11.6. The van der Waals surface area contributed by atoms with Crippen LogP contribution < -0.4 is 0 Å². The van der Waals surface area contributed by atoms with Gasteiger partial charge in [-0.15, -0.1) is 0 Å². The van der Waals surface area contributed by atoms with Crippen molar-refractivity contribution in [1.29, 1.82) is 0 Å². The molecule has 27 heavy (non-hydrogen) atoms. The number of hydrogen-bond donors (Lipinski definition) is 0. The van der Waals surface area contributed by atoms with Gasteiger partial charge in [-0.1, -0.05) is 32.9 Å². The highest BCUT2D eigenvalue weighted by Crippen LogP contribution is 2.47. The van der Waals surface area contributed by atoms with Gasteiger partial charge in [-0.2, -0.15) is 0 Å². The summed E-state index contributed by atoms with van der Waals surface area (Å²) in [6.45, 7) is 6.60. The molecule has 2 saturated heterocycles. The van der Waals surface area contributed by atoms with E-state index in [1.165, 1.54) is 12.5 Å². The second-order valence-corrected chi connectivity index (χ2v) is 11.8. The first-order valence-electron chi connectivity index (χ1n) is 9.78. The molecule has 3 rings (SSSR count). The van der Waals surface area contributed by atoms with E-state index in [4.69, 9.17) is 18.0 Å². The molecule has 0 N–H and O–H groups in total. The molecule has 3 unspecified atom stereocenters. The molecule has 0 spiro atoms. The molecular weight excluding hydrogens is 363 g/mol. The summed E-state index contributed by atoms with van der Waals surface area (Å²) in [4.78, 5) is 0. The Bertz CT molecular complexity index is 578. The smallest absolute Gasteiger partial charge is 0.377 e. The Balaban J connectivity index is 0.000000194. The number of benzene rings is 1. The van der Waals surface area contributed by atoms with Gasteiger partial charge in [-0.25, -0.2) is 4.39 Å². The molecule has 0 amide bonds. The molecule has 2 fully saturated rings. The van der Waals surface area contributed by atoms with E-state index in [0.717, 1.165) is 31.2 Å². The highest BCUT2D eigenvalue weighted by molar-refractivity contribution is 6.62. The van der Waals surface area contributed by atoms with Gasteiger partial charge < -0.3 is 18.0 Å². The van der Waals surface area contributed by atoms with Crippen molar-refractivity contribution in [2.24, 2.45) is 5.41 Å². The minimum atomic E-state index is -2.46. The molecule has 0 aliphatic carbocycles. The van der Waals surface area contributed by atoms with E-state index in [0.29, 0.717) is 23.2 Å². The van der Waals surface area contributed by atoms with Crippen LogP contribution in [0, 0.1) is 11.2 Å². The maximum atomic E-state index is 12.8. The summed E-state index contributed by atoms with van der Waals surface area (Å²) in [6.07, 6.45) is 6.11. The molecule has 0 aromatic heterocycles. The standard InChI is InChI=1S/C12H17F.C9H18O4Si/c1-12(2,3)8-7-10-5-4-6-11(13)9-10;1-10-14(11-2,12-3)9-6-7-4-5-8(9)13-7/h4-6,9H,7-8H2,1-3H3;7-9H,4-6H2,1-3H3. The predicted molar refractivity (Wildman–Crippen MR) is 107 cm³/mol. The lowest BCUT2D eigenvalue weighted by atomic mass is 9.89. The molecule has 2 heterocycles. The molecular formula is C21H35FO4Si. The molecule has 2 bridgehead atoms. The molecule has 154 valence electrons. The van der Waals surface area contributed by atoms with Gasteiger partial charge in [0.25, 0.3) is 0 Å². The Hall–Kier alpha value is -0.793. The highest BCUT2D eigenvalue weighted by atomic mass is 28.4. The number of hydrogen-bond acceptors (Lipinski definition) is 4. The first-order chi connectivity index (χ1) is 12.7. The van der Waals surface area contributed by atoms with E-state index in [1.54, 1.807) is 33.5 Å². The average molecular weight is 399 g/mol. The van der Waals surface area contributed by atoms with Crippen molar-refractivity contribution in [3.05, 3.63) is 35.6 Å². The fourth-order valence-corrected chi connectivity index (χ4v) is 6.59. The van der Waals surface area contributed by atoms with Gasteiger partial charge in [0.15, 0.2) is 0 Å². The van der Waals surface area contributed by atoms with Crippen LogP contribution in [0.2, 0.25) is 5.54 Å². The Morgan fingerprint density at radius 3 is 2.22 bits per heavy atom. The topological polar surface area (TPSA) is 36.9 Å². The Morgan fingerprint density at radius 1 is 1.11 bits per heavy atom. The largest absolute Gasteiger partial charge is 0.506 e. The second kappa shape index (κ2) is 9.61. The number of fused-ring (bicyclic) bond motifs is 2. The van der Waals surface area contributed by atoms with Crippen LogP contribution in [-0.2, 0) is 24.4 Å². The summed E-state index contributed by atoms with van der Waals surface area (Å²) in [7, 11) is 2.55. The molecule has 2 aliphatic rings. The average Bonchev–Trinajstić information content (AvgIpc) is 3.26. The lowest BCUT2D eigenvalue weighted by Crippen LogP contribution is -2.50. The van der Waals surface area contributed by atoms with Crippen molar-refractivity contribution in [2.75, 3.05) is 21.3 Å². The zero-order valence-electron chi connectivity index (χ0n) is 17.6. The summed E-state index contributed by atoms with van der Waals surface area (Å²) < 4.78 is 35.0. The van der Waals surface area contributed by atoms with Crippen molar-refractivity contribution in [1.82, 2.24) is 0 Å². The summed E-state index contributed by atoms with van der Waals surface area (Å²) in [5, 5.41) is 0. The van der Waals surface area contributed by atoms with E-state index < -0.39 is 8.80 Å². The lowest BCUT2D eigenvalue weighted by molar-refractivity contribution is 0.0773. The molecule has 3 atom stereocenters. The van der Waals surface area contributed by atoms with Gasteiger partial charge in [0.2, 0.25) is 0 Å². The molecule has 4 nitrogen and oxygen atoms in total. The summed E-state index contributed by atoms with van der Waals surface area (Å²) in [5.74, 6) is -0.133. The number of aryl methyl sites for hydroxylation is 1. The van der Waals surface area contributed by atoms with Crippen LogP contribution in [0.3, 0.4) is 0 Å². The molecule has 0 saturated carbocycles. The SMILES string of the molecule is CC(C)(C)CCc1cccc(F)c1.CO[Si](OC)(OC)C1CC2CCC1O2. The third-order valence-corrected chi connectivity index (χ3v) is 8.69. The minimum Gasteiger partial charge on any atom is -0.377 e. The van der Waals surface area contributed by atoms with E-state index >= 15 is 0 Å². The molecule has 6 heteroatoms. The van der Waals surface area contributed by atoms with E-state index in [-0.39, 0.29) is 5.82 Å². The van der Waals surface area contributed by atoms with Crippen molar-refractivity contribution >= 4 is 8.80 Å². The molecule has 1 aromatic rings. The van der Waals surface area contributed by atoms with Crippen LogP contribution in [0.4, 0.5) is 4.39 Å². The number of ether oxygens (including phenoxy) is 1. The summed E-state index contributed by atoms with van der Waals surface area (Å²) in [5.41, 5.74) is 1.75. The Labute approximate surface area is 164 Å². The van der Waals surface area contributed by atoms with E-state index in [2.05, 4.69) is 20.8 Å². The number of halogens is 1. The van der Waals surface area contributed by atoms with Crippen LogP contribution in [0.1, 0.15) is 52.0 Å². The molecule has 2 aliphatic heterocycles. The third-order valence-electron chi connectivity index (χ3n) is 5.47. The van der Waals surface area contributed by atoms with Crippen LogP contribution in [-0.4, -0.2) is 42.3 Å². The second-order valence-electron chi connectivity index (χ2n) is 8.62. The van der Waals surface area contributed by atoms with Gasteiger partial charge >= 0.3 is 8.80 Å². The van der Waals surface area contributed by atoms with Crippen LogP contribution in [0.5, 0.6) is 0 Å². The normalized spacial score (nSPS) is 24.6. The van der Waals surface area contributed by atoms with Gasteiger partial charge in [-0.3, -0.25) is 0 Å². The van der Waals surface area contributed by atoms with Crippen LogP contribution in [0.25, 0.3) is 0 Å². The Morgan fingerprint density at radius 2 is 1.78 bits per heavy atom. The fraction of sp³-hybridized carbons (Fsp3) is 0.714. The highest BCUT2D eigenvalue weighted by Gasteiger charge is 2.57. The summed E-state index contributed by atoms with van der Waals surface area (Å²) >= 11 is 0. The van der Waals surface area contributed by atoms with Crippen molar-refractivity contribution in [3.63, 3.8) is 0 Å². The van der Waals surface area contributed by atoms with Gasteiger partial charge in [0.1, 0.15) is 5.82 Å². The fourth-order valence-electron chi connectivity index (χ4n) is 3.93. The number of rotatable bonds is 6. The predicted octanol–water partition coefficient (Wildman–Crippen LogP) is 4.99. The van der Waals surface area contributed by atoms with Crippen LogP contribution in [0.15, 0.2) is 24.3 Å². The zero-order valence-corrected chi connectivity index (χ0v) is 18.6. The maximum absolute atomic E-state index is 12.8. The van der Waals surface area contributed by atoms with Crippen molar-refractivity contribution in [2.45, 2.75) is 70.6 Å². The van der Waals surface area contributed by atoms with Crippen molar-refractivity contribution in [3.8, 4) is 0 Å². The van der Waals surface area contributed by atoms with E-state index in [9.17, 15) is 4.39 Å². The molecule has 1 aromatic carbocycles. The first kappa shape index (κ1) is 22.5. The lowest BCUT2D eigenvalue weighted by Gasteiger charge is -2.33. The zero-order chi connectivity index (χ0) is 20.1. The van der Waals surface area contributed by atoms with Gasteiger partial charge in [0.05, 0.1) is 17.7 Å². The monoisotopic (exact) mass is 398 g/mol. The van der Waals surface area contributed by atoms with Crippen LogP contribution >= 0.6 is 0 Å². The maximum Gasteiger partial charge on any atom is 0.506 e. The minimum absolute atomic E-state index is 0.133. The molecule has 0 radical (unpaired) electrons. The quantitative estimate of drug-likeness (QED) is 0.633. The summed E-state index contributed by atoms with van der Waals surface area (Å²) in [6, 6.07) is 6.86. The Kier molecular flexibility index (Phi) is 8.01. The van der Waals surface area contributed by atoms with Gasteiger partial charge in [0, 0.05) is 21.3 Å². The van der Waals surface area contributed by atoms with Crippen molar-refractivity contribution < 1.29 is 22.4 Å². The van der Waals surface area contributed by atoms with E-state index in [1.807, 2.05) is 6.07 Å². The third kappa shape index (κ3) is 6.09.